The fraction of sp³-hybridized carbons (Fsp3) is 0.385. The highest BCUT2D eigenvalue weighted by atomic mass is 16.4. The zero-order chi connectivity index (χ0) is 14.4. The summed E-state index contributed by atoms with van der Waals surface area (Å²) >= 11 is 0. The van der Waals surface area contributed by atoms with Crippen LogP contribution >= 0.6 is 0 Å². The van der Waals surface area contributed by atoms with Crippen LogP contribution in [-0.4, -0.2) is 39.7 Å². The van der Waals surface area contributed by atoms with Gasteiger partial charge in [-0.1, -0.05) is 12.1 Å². The van der Waals surface area contributed by atoms with Gasteiger partial charge in [-0.05, 0) is 31.0 Å². The van der Waals surface area contributed by atoms with Gasteiger partial charge in [0.1, 0.15) is 6.04 Å². The summed E-state index contributed by atoms with van der Waals surface area (Å²) in [5.41, 5.74) is 7.30. The number of anilines is 1. The van der Waals surface area contributed by atoms with E-state index in [1.807, 2.05) is 19.1 Å². The molecule has 1 aromatic carbocycles. The molecule has 0 fully saturated rings. The lowest BCUT2D eigenvalue weighted by Gasteiger charge is -2.14. The first-order valence-electron chi connectivity index (χ1n) is 5.94. The quantitative estimate of drug-likeness (QED) is 0.558. The minimum Gasteiger partial charge on any atom is -0.481 e. The highest BCUT2D eigenvalue weighted by Gasteiger charge is 2.20. The normalized spacial score (nSPS) is 12.9. The van der Waals surface area contributed by atoms with Crippen molar-refractivity contribution in [1.82, 2.24) is 0 Å². The van der Waals surface area contributed by atoms with Crippen LogP contribution in [-0.2, 0) is 16.0 Å². The molecule has 20 heavy (non-hydrogen) atoms. The first-order valence-corrected chi connectivity index (χ1v) is 5.94. The van der Waals surface area contributed by atoms with Crippen molar-refractivity contribution in [1.29, 1.82) is 0 Å². The molecule has 0 saturated heterocycles. The van der Waals surface area contributed by atoms with Crippen molar-refractivity contribution in [2.45, 2.75) is 31.8 Å². The third-order valence-corrected chi connectivity index (χ3v) is 2.53. The highest BCUT2D eigenvalue weighted by molar-refractivity contribution is 5.83. The van der Waals surface area contributed by atoms with Crippen molar-refractivity contribution in [2.24, 2.45) is 5.73 Å². The standard InChI is InChI=1S/C13H18N2O4.H2O/c1-8(14)6-9-2-4-10(5-3-9)15-11(13(18)19)7-12(16)17;/h2-5,8,11,15H,6-7,14H2,1H3,(H,16,17)(H,18,19);1H2/t8?,11-;/m0./s1. The Kier molecular flexibility index (Phi) is 7.27. The Bertz CT molecular complexity index is 445. The number of benzene rings is 1. The molecule has 0 saturated carbocycles. The van der Waals surface area contributed by atoms with Gasteiger partial charge < -0.3 is 26.7 Å². The summed E-state index contributed by atoms with van der Waals surface area (Å²) in [4.78, 5) is 21.5. The van der Waals surface area contributed by atoms with Gasteiger partial charge in [-0.2, -0.15) is 0 Å². The molecular formula is C13H20N2O5. The topological polar surface area (TPSA) is 144 Å². The largest absolute Gasteiger partial charge is 0.481 e. The summed E-state index contributed by atoms with van der Waals surface area (Å²) in [6, 6.07) is 6.02. The molecule has 1 rings (SSSR count). The van der Waals surface area contributed by atoms with Crippen LogP contribution in [0.1, 0.15) is 18.9 Å². The number of aliphatic carboxylic acids is 2. The zero-order valence-electron chi connectivity index (χ0n) is 11.2. The molecule has 0 heterocycles. The molecule has 0 aliphatic rings. The van der Waals surface area contributed by atoms with Crippen molar-refractivity contribution in [3.05, 3.63) is 29.8 Å². The lowest BCUT2D eigenvalue weighted by molar-refractivity contribution is -0.144. The summed E-state index contributed by atoms with van der Waals surface area (Å²) in [6.07, 6.45) is 0.259. The smallest absolute Gasteiger partial charge is 0.326 e. The number of rotatable bonds is 7. The molecule has 0 amide bonds. The number of nitrogens with two attached hydrogens (primary N) is 1. The van der Waals surface area contributed by atoms with Crippen LogP contribution in [0.4, 0.5) is 5.69 Å². The average Bonchev–Trinajstić information content (AvgIpc) is 2.29. The Labute approximate surface area is 116 Å². The lowest BCUT2D eigenvalue weighted by Crippen LogP contribution is -2.31. The maximum absolute atomic E-state index is 10.9. The number of hydrogen-bond acceptors (Lipinski definition) is 4. The van der Waals surface area contributed by atoms with E-state index in [4.69, 9.17) is 15.9 Å². The van der Waals surface area contributed by atoms with Gasteiger partial charge in [0.15, 0.2) is 0 Å². The van der Waals surface area contributed by atoms with Crippen molar-refractivity contribution < 1.29 is 25.3 Å². The van der Waals surface area contributed by atoms with Crippen molar-refractivity contribution in [2.75, 3.05) is 5.32 Å². The molecule has 1 aromatic rings. The van der Waals surface area contributed by atoms with Gasteiger partial charge >= 0.3 is 11.9 Å². The third-order valence-electron chi connectivity index (χ3n) is 2.53. The van der Waals surface area contributed by atoms with Crippen LogP contribution < -0.4 is 11.1 Å². The molecule has 0 aromatic heterocycles. The maximum atomic E-state index is 10.9. The third kappa shape index (κ3) is 6.17. The molecule has 112 valence electrons. The fourth-order valence-corrected chi connectivity index (χ4v) is 1.68. The van der Waals surface area contributed by atoms with Crippen LogP contribution in [0.25, 0.3) is 0 Å². The van der Waals surface area contributed by atoms with E-state index in [2.05, 4.69) is 5.32 Å². The maximum Gasteiger partial charge on any atom is 0.326 e. The summed E-state index contributed by atoms with van der Waals surface area (Å²) < 4.78 is 0. The van der Waals surface area contributed by atoms with E-state index >= 15 is 0 Å². The molecule has 7 nitrogen and oxygen atoms in total. The van der Waals surface area contributed by atoms with Gasteiger partial charge in [-0.25, -0.2) is 4.79 Å². The predicted octanol–water partition coefficient (Wildman–Crippen LogP) is 0.0914. The summed E-state index contributed by atoms with van der Waals surface area (Å²) in [7, 11) is 0. The molecule has 0 radical (unpaired) electrons. The summed E-state index contributed by atoms with van der Waals surface area (Å²) in [5.74, 6) is -2.35. The number of nitrogens with one attached hydrogen (secondary N) is 1. The van der Waals surface area contributed by atoms with Crippen LogP contribution in [0, 0.1) is 0 Å². The minimum atomic E-state index is -1.19. The van der Waals surface area contributed by atoms with E-state index < -0.39 is 24.4 Å². The molecule has 0 aliphatic carbocycles. The van der Waals surface area contributed by atoms with E-state index in [1.165, 1.54) is 0 Å². The second kappa shape index (κ2) is 8.13. The Morgan fingerprint density at radius 2 is 1.80 bits per heavy atom. The predicted molar refractivity (Wildman–Crippen MR) is 74.7 cm³/mol. The molecule has 0 aliphatic heterocycles. The van der Waals surface area contributed by atoms with Gasteiger partial charge in [0.2, 0.25) is 0 Å². The number of carboxylic acid groups (broad SMARTS) is 2. The van der Waals surface area contributed by atoms with E-state index in [-0.39, 0.29) is 11.5 Å². The van der Waals surface area contributed by atoms with Crippen LogP contribution in [0.5, 0.6) is 0 Å². The van der Waals surface area contributed by atoms with Crippen LogP contribution in [0.15, 0.2) is 24.3 Å². The molecule has 1 unspecified atom stereocenters. The number of carboxylic acids is 2. The van der Waals surface area contributed by atoms with E-state index in [9.17, 15) is 9.59 Å². The first kappa shape index (κ1) is 17.9. The Balaban J connectivity index is 0.00000361. The molecule has 7 heteroatoms. The highest BCUT2D eigenvalue weighted by Crippen LogP contribution is 2.13. The summed E-state index contributed by atoms with van der Waals surface area (Å²) in [5, 5.41) is 20.2. The van der Waals surface area contributed by atoms with Crippen molar-refractivity contribution in [3.8, 4) is 0 Å². The van der Waals surface area contributed by atoms with Crippen molar-refractivity contribution >= 4 is 17.6 Å². The van der Waals surface area contributed by atoms with E-state index in [0.717, 1.165) is 12.0 Å². The van der Waals surface area contributed by atoms with Crippen LogP contribution in [0.3, 0.4) is 0 Å². The average molecular weight is 284 g/mol. The Hall–Kier alpha value is -2.12. The molecule has 2 atom stereocenters. The number of hydrogen-bond donors (Lipinski definition) is 4. The second-order valence-electron chi connectivity index (χ2n) is 4.51. The summed E-state index contributed by atoms with van der Waals surface area (Å²) in [6.45, 7) is 1.90. The van der Waals surface area contributed by atoms with Crippen LogP contribution in [0.2, 0.25) is 0 Å². The van der Waals surface area contributed by atoms with E-state index in [1.54, 1.807) is 12.1 Å². The molecule has 0 bridgehead atoms. The first-order chi connectivity index (χ1) is 8.88. The lowest BCUT2D eigenvalue weighted by atomic mass is 10.1. The molecule has 7 N–H and O–H groups in total. The van der Waals surface area contributed by atoms with E-state index in [0.29, 0.717) is 5.69 Å². The van der Waals surface area contributed by atoms with Gasteiger partial charge in [0.25, 0.3) is 0 Å². The number of carbonyl (C=O) groups is 2. The van der Waals surface area contributed by atoms with Gasteiger partial charge in [0, 0.05) is 11.7 Å². The van der Waals surface area contributed by atoms with Crippen molar-refractivity contribution in [3.63, 3.8) is 0 Å². The van der Waals surface area contributed by atoms with Gasteiger partial charge in [0.05, 0.1) is 6.42 Å². The Morgan fingerprint density at radius 3 is 2.20 bits per heavy atom. The monoisotopic (exact) mass is 284 g/mol. The molecule has 0 spiro atoms. The van der Waals surface area contributed by atoms with Gasteiger partial charge in [-0.15, -0.1) is 0 Å². The minimum absolute atomic E-state index is 0. The fourth-order valence-electron chi connectivity index (χ4n) is 1.68. The van der Waals surface area contributed by atoms with Gasteiger partial charge in [-0.3, -0.25) is 4.79 Å². The molecular weight excluding hydrogens is 264 g/mol. The Morgan fingerprint density at radius 1 is 1.25 bits per heavy atom. The second-order valence-corrected chi connectivity index (χ2v) is 4.51. The SMILES string of the molecule is CC(N)Cc1ccc(N[C@@H](CC(=O)O)C(=O)O)cc1.O. The zero-order valence-corrected chi connectivity index (χ0v) is 11.2.